The first kappa shape index (κ1) is 21.8. The zero-order valence-electron chi connectivity index (χ0n) is 19.4. The van der Waals surface area contributed by atoms with E-state index in [0.29, 0.717) is 17.5 Å². The lowest BCUT2D eigenvalue weighted by atomic mass is 9.73. The number of Topliss-reactive ketones (excluding diaryl/α,β-unsaturated/α-hetero) is 1. The van der Waals surface area contributed by atoms with Gasteiger partial charge in [0.25, 0.3) is 0 Å². The summed E-state index contributed by atoms with van der Waals surface area (Å²) in [6, 6.07) is 15.9. The van der Waals surface area contributed by atoms with Crippen molar-refractivity contribution in [3.8, 4) is 5.75 Å². The number of aromatic nitrogens is 3. The number of nitrogens with one attached hydrogen (secondary N) is 1. The molecule has 1 N–H and O–H groups in total. The molecule has 0 bridgehead atoms. The molecule has 7 heteroatoms. The third kappa shape index (κ3) is 4.17. The first-order valence-electron chi connectivity index (χ1n) is 11.2. The number of carbonyl (C=O) groups excluding carboxylic acids is 1. The Bertz CT molecular complexity index is 1240. The fourth-order valence-corrected chi connectivity index (χ4v) is 5.56. The summed E-state index contributed by atoms with van der Waals surface area (Å²) in [6.07, 6.45) is 1.33. The average molecular weight is 461 g/mol. The van der Waals surface area contributed by atoms with Crippen molar-refractivity contribution >= 4 is 23.5 Å². The van der Waals surface area contributed by atoms with E-state index in [0.717, 1.165) is 34.8 Å². The molecule has 33 heavy (non-hydrogen) atoms. The molecule has 5 rings (SSSR count). The summed E-state index contributed by atoms with van der Waals surface area (Å²) in [7, 11) is 1.65. The van der Waals surface area contributed by atoms with E-state index in [9.17, 15) is 4.79 Å². The summed E-state index contributed by atoms with van der Waals surface area (Å²) in [6.45, 7) is 6.40. The van der Waals surface area contributed by atoms with Crippen molar-refractivity contribution in [3.05, 3.63) is 76.5 Å². The Morgan fingerprint density at radius 3 is 2.64 bits per heavy atom. The van der Waals surface area contributed by atoms with E-state index in [4.69, 9.17) is 14.8 Å². The Morgan fingerprint density at radius 2 is 1.91 bits per heavy atom. The van der Waals surface area contributed by atoms with Gasteiger partial charge in [-0.05, 0) is 47.6 Å². The van der Waals surface area contributed by atoms with Gasteiger partial charge in [0, 0.05) is 23.4 Å². The lowest BCUT2D eigenvalue weighted by molar-refractivity contribution is -0.118. The van der Waals surface area contributed by atoms with Crippen LogP contribution < -0.4 is 10.1 Å². The molecular formula is C26H28N4O2S. The second-order valence-corrected chi connectivity index (χ2v) is 10.5. The van der Waals surface area contributed by atoms with E-state index >= 15 is 0 Å². The zero-order chi connectivity index (χ0) is 23.2. The zero-order valence-corrected chi connectivity index (χ0v) is 20.2. The number of ether oxygens (including phenoxy) is 1. The topological polar surface area (TPSA) is 69.0 Å². The van der Waals surface area contributed by atoms with Crippen LogP contribution in [0.2, 0.25) is 0 Å². The molecule has 1 unspecified atom stereocenters. The van der Waals surface area contributed by atoms with Gasteiger partial charge < -0.3 is 10.1 Å². The Balaban J connectivity index is 1.53. The Kier molecular flexibility index (Phi) is 5.52. The molecule has 3 aromatic rings. The van der Waals surface area contributed by atoms with Crippen LogP contribution in [0.25, 0.3) is 0 Å². The smallest absolute Gasteiger partial charge is 0.227 e. The second-order valence-electron chi connectivity index (χ2n) is 9.51. The fourth-order valence-electron chi connectivity index (χ4n) is 4.66. The third-order valence-electron chi connectivity index (χ3n) is 6.36. The van der Waals surface area contributed by atoms with Crippen LogP contribution in [0.4, 0.5) is 5.95 Å². The first-order valence-corrected chi connectivity index (χ1v) is 12.1. The van der Waals surface area contributed by atoms with E-state index in [2.05, 4.69) is 50.4 Å². The van der Waals surface area contributed by atoms with Crippen LogP contribution in [-0.2, 0) is 10.5 Å². The van der Waals surface area contributed by atoms with E-state index in [1.54, 1.807) is 18.9 Å². The van der Waals surface area contributed by atoms with Crippen LogP contribution in [0.5, 0.6) is 5.75 Å². The number of benzene rings is 2. The molecule has 1 aliphatic carbocycles. The molecular weight excluding hydrogens is 432 g/mol. The maximum absolute atomic E-state index is 13.3. The highest BCUT2D eigenvalue weighted by atomic mass is 32.2. The predicted molar refractivity (Wildman–Crippen MR) is 131 cm³/mol. The normalized spacial score (nSPS) is 19.0. The largest absolute Gasteiger partial charge is 0.497 e. The van der Waals surface area contributed by atoms with Gasteiger partial charge in [-0.3, -0.25) is 4.79 Å². The van der Waals surface area contributed by atoms with Crippen molar-refractivity contribution < 1.29 is 9.53 Å². The van der Waals surface area contributed by atoms with Crippen LogP contribution in [0.15, 0.2) is 65.0 Å². The summed E-state index contributed by atoms with van der Waals surface area (Å²) in [4.78, 5) is 18.1. The summed E-state index contributed by atoms with van der Waals surface area (Å²) in [5.41, 5.74) is 5.20. The van der Waals surface area contributed by atoms with E-state index in [1.807, 2.05) is 28.9 Å². The first-order chi connectivity index (χ1) is 15.8. The van der Waals surface area contributed by atoms with Gasteiger partial charge in [0.15, 0.2) is 5.78 Å². The minimum Gasteiger partial charge on any atom is -0.497 e. The van der Waals surface area contributed by atoms with Gasteiger partial charge in [-0.15, -0.1) is 5.10 Å². The van der Waals surface area contributed by atoms with Gasteiger partial charge in [-0.25, -0.2) is 4.68 Å². The van der Waals surface area contributed by atoms with Gasteiger partial charge in [0.05, 0.1) is 7.11 Å². The molecule has 1 aromatic heterocycles. The van der Waals surface area contributed by atoms with Crippen LogP contribution in [-0.4, -0.2) is 27.7 Å². The number of fused-ring (bicyclic) bond motifs is 1. The molecule has 1 atom stereocenters. The SMILES string of the molecule is COc1ccc(C2C3=C(CC(C)(C)CC3=O)Nc3nc(SCc4ccccc4C)nn32)cc1. The number of nitrogens with zero attached hydrogens (tertiary/aromatic N) is 3. The number of anilines is 1. The summed E-state index contributed by atoms with van der Waals surface area (Å²) < 4.78 is 7.21. The lowest BCUT2D eigenvalue weighted by Crippen LogP contribution is -2.36. The van der Waals surface area contributed by atoms with Crippen molar-refractivity contribution in [1.29, 1.82) is 0 Å². The lowest BCUT2D eigenvalue weighted by Gasteiger charge is -2.38. The number of hydrogen-bond donors (Lipinski definition) is 1. The van der Waals surface area contributed by atoms with Crippen molar-refractivity contribution in [2.75, 3.05) is 12.4 Å². The summed E-state index contributed by atoms with van der Waals surface area (Å²) in [5.74, 6) is 2.44. The van der Waals surface area contributed by atoms with Gasteiger partial charge >= 0.3 is 0 Å². The van der Waals surface area contributed by atoms with Crippen LogP contribution in [0.1, 0.15) is 49.4 Å². The molecule has 0 radical (unpaired) electrons. The number of allylic oxidation sites excluding steroid dienone is 2. The average Bonchev–Trinajstić information content (AvgIpc) is 3.19. The van der Waals surface area contributed by atoms with E-state index in [-0.39, 0.29) is 17.2 Å². The molecule has 2 aliphatic rings. The quantitative estimate of drug-likeness (QED) is 0.504. The van der Waals surface area contributed by atoms with Crippen LogP contribution in [0, 0.1) is 12.3 Å². The summed E-state index contributed by atoms with van der Waals surface area (Å²) in [5, 5.41) is 8.99. The van der Waals surface area contributed by atoms with Gasteiger partial charge in [0.1, 0.15) is 11.8 Å². The number of thioether (sulfide) groups is 1. The van der Waals surface area contributed by atoms with Gasteiger partial charge in [0.2, 0.25) is 11.1 Å². The Labute approximate surface area is 198 Å². The number of ketones is 1. The number of aryl methyl sites for hydroxylation is 1. The predicted octanol–water partition coefficient (Wildman–Crippen LogP) is 5.55. The maximum Gasteiger partial charge on any atom is 0.227 e. The standard InChI is InChI=1S/C26H28N4O2S/c1-16-7-5-6-8-18(16)15-33-25-28-24-27-20-13-26(2,3)14-21(31)22(20)23(30(24)29-25)17-9-11-19(32-4)12-10-17/h5-12,23H,13-15H2,1-4H3,(H,27,28,29). The molecule has 6 nitrogen and oxygen atoms in total. The minimum absolute atomic E-state index is 0.0853. The maximum atomic E-state index is 13.3. The highest BCUT2D eigenvalue weighted by molar-refractivity contribution is 7.98. The van der Waals surface area contributed by atoms with E-state index in [1.165, 1.54) is 11.1 Å². The van der Waals surface area contributed by atoms with E-state index < -0.39 is 0 Å². The monoisotopic (exact) mass is 460 g/mol. The van der Waals surface area contributed by atoms with Crippen molar-refractivity contribution in [3.63, 3.8) is 0 Å². The molecule has 170 valence electrons. The molecule has 1 aliphatic heterocycles. The molecule has 0 spiro atoms. The number of carbonyl (C=O) groups is 1. The fraction of sp³-hybridized carbons (Fsp3) is 0.346. The molecule has 2 heterocycles. The Hall–Kier alpha value is -3.06. The van der Waals surface area contributed by atoms with Gasteiger partial charge in [-0.1, -0.05) is 62.0 Å². The van der Waals surface area contributed by atoms with Crippen molar-refractivity contribution in [2.45, 2.75) is 50.6 Å². The minimum atomic E-state index is -0.300. The van der Waals surface area contributed by atoms with Crippen molar-refractivity contribution in [2.24, 2.45) is 5.41 Å². The molecule has 2 aromatic carbocycles. The van der Waals surface area contributed by atoms with Crippen LogP contribution in [0.3, 0.4) is 0 Å². The van der Waals surface area contributed by atoms with Gasteiger partial charge in [-0.2, -0.15) is 4.98 Å². The highest BCUT2D eigenvalue weighted by Gasteiger charge is 2.41. The van der Waals surface area contributed by atoms with Crippen LogP contribution >= 0.6 is 11.8 Å². The summed E-state index contributed by atoms with van der Waals surface area (Å²) >= 11 is 1.61. The number of hydrogen-bond acceptors (Lipinski definition) is 6. The molecule has 0 saturated carbocycles. The number of rotatable bonds is 5. The molecule has 0 amide bonds. The third-order valence-corrected chi connectivity index (χ3v) is 7.25. The highest BCUT2D eigenvalue weighted by Crippen LogP contribution is 2.45. The Morgan fingerprint density at radius 1 is 1.15 bits per heavy atom. The second kappa shape index (κ2) is 8.37. The van der Waals surface area contributed by atoms with Crippen molar-refractivity contribution in [1.82, 2.24) is 14.8 Å². The molecule has 0 saturated heterocycles. The molecule has 0 fully saturated rings. The number of methoxy groups -OCH3 is 1.